The first kappa shape index (κ1) is 83.1. The van der Waals surface area contributed by atoms with Crippen LogP contribution in [-0.2, 0) is 0 Å². The van der Waals surface area contributed by atoms with Crippen molar-refractivity contribution in [3.8, 4) is 107 Å². The van der Waals surface area contributed by atoms with Crippen molar-refractivity contribution in [2.45, 2.75) is 182 Å². The normalized spacial score (nSPS) is 14.3. The molecule has 2 aliphatic rings. The van der Waals surface area contributed by atoms with E-state index in [1.807, 2.05) is 143 Å². The van der Waals surface area contributed by atoms with E-state index in [0.717, 1.165) is 156 Å². The molecule has 0 bridgehead atoms. The van der Waals surface area contributed by atoms with Gasteiger partial charge in [0.2, 0.25) is 0 Å². The molecule has 126 heavy (non-hydrogen) atoms. The van der Waals surface area contributed by atoms with Gasteiger partial charge in [-0.1, -0.05) is 231 Å². The first-order valence-electron chi connectivity index (χ1n) is 45.0. The van der Waals surface area contributed by atoms with Crippen LogP contribution in [0.2, 0.25) is 24.2 Å². The Hall–Kier alpha value is -9.85. The van der Waals surface area contributed by atoms with Crippen LogP contribution in [0.3, 0.4) is 0 Å². The topological polar surface area (TPSA) is 207 Å². The van der Waals surface area contributed by atoms with Crippen LogP contribution < -0.4 is 20.7 Å². The van der Waals surface area contributed by atoms with Crippen molar-refractivity contribution in [1.29, 1.82) is 0 Å². The summed E-state index contributed by atoms with van der Waals surface area (Å²) in [7, 11) is -4.72. The summed E-state index contributed by atoms with van der Waals surface area (Å²) in [6.07, 6.45) is 27.8. The molecular weight excluding hydrogens is 1750 g/mol. The smallest absolute Gasteiger partial charge is 0.156 e. The van der Waals surface area contributed by atoms with Crippen LogP contribution in [0, 0.1) is 23.7 Å². The number of thiophene rings is 4. The summed E-state index contributed by atoms with van der Waals surface area (Å²) in [6, 6.07) is 56.1. The predicted molar refractivity (Wildman–Crippen MR) is 535 cm³/mol. The SMILES string of the molecule is CCCCC(CC)C[Si]1(CC(CC)CCCC)c2cc(-c3cnc(-c4cc5ccccc5o4)c4nsnc34)sc2-c2sc(-c3cnc(-c4cc5ccccc5o4)c4nsnc34)cc21.CCCCC(CC)C[Si]1(CC(CC)CCCC)c2cc(-c3ncc(-c4cc5ccccc5o4)c4nsnc34)sc2-c2sc(-c3ncc(-c4cc5ccccc5o4)c4nsnc34)cc21. The van der Waals surface area contributed by atoms with E-state index in [1.165, 1.54) is 213 Å². The van der Waals surface area contributed by atoms with Gasteiger partial charge < -0.3 is 17.7 Å². The van der Waals surface area contributed by atoms with Crippen molar-refractivity contribution < 1.29 is 17.7 Å². The lowest BCUT2D eigenvalue weighted by molar-refractivity contribution is 0.469. The maximum absolute atomic E-state index is 6.33. The molecule has 16 nitrogen and oxygen atoms in total. The largest absolute Gasteiger partial charge is 0.456 e. The third-order valence-electron chi connectivity index (χ3n) is 27.0. The van der Waals surface area contributed by atoms with Gasteiger partial charge in [0.25, 0.3) is 0 Å². The van der Waals surface area contributed by atoms with Gasteiger partial charge in [-0.25, -0.2) is 9.97 Å². The molecular formula is C100H96N12O4S8Si2. The van der Waals surface area contributed by atoms with Gasteiger partial charge in [0.15, 0.2) is 11.5 Å². The van der Waals surface area contributed by atoms with Crippen LogP contribution in [0.15, 0.2) is 188 Å². The van der Waals surface area contributed by atoms with E-state index in [4.69, 9.17) is 72.6 Å². The van der Waals surface area contributed by atoms with Crippen LogP contribution >= 0.6 is 92.3 Å². The highest BCUT2D eigenvalue weighted by molar-refractivity contribution is 7.33. The van der Waals surface area contributed by atoms with E-state index in [-0.39, 0.29) is 0 Å². The molecule has 26 heteroatoms. The number of hydrogen-bond donors (Lipinski definition) is 0. The Morgan fingerprint density at radius 3 is 0.841 bits per heavy atom. The van der Waals surface area contributed by atoms with E-state index in [1.54, 1.807) is 20.7 Å². The number of pyridine rings is 4. The number of nitrogens with zero attached hydrogens (tertiary/aromatic N) is 12. The minimum Gasteiger partial charge on any atom is -0.456 e. The molecule has 2 aliphatic heterocycles. The number of aromatic nitrogens is 12. The minimum absolute atomic E-state index is 0.664. The molecule has 0 spiro atoms. The van der Waals surface area contributed by atoms with Crippen LogP contribution in [-0.4, -0.2) is 71.1 Å². The second-order valence-corrected chi connectivity index (χ2v) is 49.0. The Morgan fingerprint density at radius 1 is 0.278 bits per heavy atom. The van der Waals surface area contributed by atoms with Crippen molar-refractivity contribution in [3.63, 3.8) is 0 Å². The minimum atomic E-state index is -2.37. The maximum Gasteiger partial charge on any atom is 0.156 e. The Kier molecular flexibility index (Phi) is 23.3. The second-order valence-electron chi connectivity index (χ2n) is 34.6. The Labute approximate surface area is 766 Å². The third kappa shape index (κ3) is 14.8. The van der Waals surface area contributed by atoms with Crippen molar-refractivity contribution in [1.82, 2.24) is 54.9 Å². The van der Waals surface area contributed by atoms with E-state index in [0.29, 0.717) is 23.7 Å². The monoisotopic (exact) mass is 1840 g/mol. The Bertz CT molecular complexity index is 6400. The van der Waals surface area contributed by atoms with E-state index in [9.17, 15) is 0 Å². The first-order valence-corrected chi connectivity index (χ1v) is 56.0. The van der Waals surface area contributed by atoms with Crippen LogP contribution in [0.5, 0.6) is 0 Å². The highest BCUT2D eigenvalue weighted by Gasteiger charge is 2.52. The summed E-state index contributed by atoms with van der Waals surface area (Å²) in [4.78, 5) is 31.1. The van der Waals surface area contributed by atoms with Crippen LogP contribution in [0.4, 0.5) is 0 Å². The molecule has 0 fully saturated rings. The summed E-state index contributed by atoms with van der Waals surface area (Å²) < 4.78 is 64.4. The number of fused-ring (bicyclic) bond motifs is 14. The lowest BCUT2D eigenvalue weighted by Crippen LogP contribution is -2.56. The zero-order chi connectivity index (χ0) is 85.3. The number of furan rings is 4. The first-order chi connectivity index (χ1) is 62.0. The molecule has 18 heterocycles. The summed E-state index contributed by atoms with van der Waals surface area (Å²) in [5.41, 5.74) is 17.3. The number of para-hydroxylation sites is 4. The van der Waals surface area contributed by atoms with Gasteiger partial charge >= 0.3 is 0 Å². The van der Waals surface area contributed by atoms with Gasteiger partial charge in [0, 0.05) is 86.7 Å². The van der Waals surface area contributed by atoms with E-state index in [2.05, 4.69) is 128 Å². The van der Waals surface area contributed by atoms with Gasteiger partial charge in [-0.3, -0.25) is 9.97 Å². The van der Waals surface area contributed by atoms with Crippen molar-refractivity contribution in [3.05, 3.63) is 170 Å². The molecule has 4 aromatic carbocycles. The summed E-state index contributed by atoms with van der Waals surface area (Å²) in [6.45, 7) is 19.0. The molecule has 0 amide bonds. The van der Waals surface area contributed by atoms with Crippen molar-refractivity contribution >= 4 is 217 Å². The number of hydrogen-bond acceptors (Lipinski definition) is 24. The maximum atomic E-state index is 6.33. The molecule has 22 rings (SSSR count). The molecule has 0 radical (unpaired) electrons. The third-order valence-corrected chi connectivity index (χ3v) is 45.6. The fraction of sp³-hybridized carbons (Fsp3) is 0.320. The van der Waals surface area contributed by atoms with Crippen LogP contribution in [0.25, 0.3) is 195 Å². The molecule has 16 aromatic heterocycles. The summed E-state index contributed by atoms with van der Waals surface area (Å²) >= 11 is 12.7. The number of unbranched alkanes of at least 4 members (excludes halogenated alkanes) is 4. The molecule has 0 N–H and O–H groups in total. The fourth-order valence-corrected chi connectivity index (χ4v) is 43.3. The molecule has 4 unspecified atom stereocenters. The molecule has 0 aliphatic carbocycles. The predicted octanol–water partition coefficient (Wildman–Crippen LogP) is 29.5. The van der Waals surface area contributed by atoms with E-state index < -0.39 is 16.1 Å². The lowest BCUT2D eigenvalue weighted by atomic mass is 10.0. The van der Waals surface area contributed by atoms with Gasteiger partial charge in [0.1, 0.15) is 117 Å². The van der Waals surface area contributed by atoms with Crippen molar-refractivity contribution in [2.75, 3.05) is 0 Å². The highest BCUT2D eigenvalue weighted by atomic mass is 32.1. The fourth-order valence-electron chi connectivity index (χ4n) is 20.2. The quantitative estimate of drug-likeness (QED) is 0.0359. The van der Waals surface area contributed by atoms with Crippen molar-refractivity contribution in [2.24, 2.45) is 23.7 Å². The molecule has 0 saturated heterocycles. The molecule has 0 saturated carbocycles. The van der Waals surface area contributed by atoms with Crippen LogP contribution in [0.1, 0.15) is 158 Å². The Morgan fingerprint density at radius 2 is 0.532 bits per heavy atom. The number of rotatable bonds is 32. The second kappa shape index (κ2) is 35.3. The molecule has 20 aromatic rings. The Balaban J connectivity index is 0.000000154. The average molecular weight is 1840 g/mol. The van der Waals surface area contributed by atoms with Gasteiger partial charge in [-0.05, 0) is 141 Å². The number of benzene rings is 4. The zero-order valence-electron chi connectivity index (χ0n) is 71.9. The lowest BCUT2D eigenvalue weighted by Gasteiger charge is -2.35. The summed E-state index contributed by atoms with van der Waals surface area (Å²) in [5.74, 6) is 5.64. The summed E-state index contributed by atoms with van der Waals surface area (Å²) in [5, 5.41) is 10.7. The molecule has 636 valence electrons. The standard InChI is InChI=1S/2C50H48N6O2S4Si/c1-5-9-15-29(7-3)27-63(28-30(8-4)16-10-6-2)41-23-39(33-25-51-45(47-43(33)53-61-55-47)37-21-31-17-11-13-19-35(31)57-37)59-49(41)50-42(63)24-40(60-50)34-26-52-46(48-44(34)54-62-56-48)38-22-32-18-12-14-20-36(32)58-38;1-5-9-15-29(7-3)27-63(28-30(8-4)16-10-6-2)41-23-39(45-47-43(53-61-55-47)33(25-51-45)37-21-31-17-11-13-19-35(31)57-37)59-49(41)50-42(63)24-40(60-50)46-48-44(54-62-56-48)34(26-52-46)38-22-32-18-12-14-20-36(32)58-38/h2*11-14,17-26,29-30H,5-10,15-16,27-28H2,1-4H3. The van der Waals surface area contributed by atoms with Gasteiger partial charge in [-0.2, -0.15) is 35.0 Å². The average Bonchev–Trinajstić information content (AvgIpc) is 1.54. The molecule has 4 atom stereocenters. The van der Waals surface area contributed by atoms with E-state index >= 15 is 0 Å². The van der Waals surface area contributed by atoms with Gasteiger partial charge in [0.05, 0.1) is 67.8 Å². The van der Waals surface area contributed by atoms with Gasteiger partial charge in [-0.15, -0.1) is 45.3 Å². The zero-order valence-corrected chi connectivity index (χ0v) is 80.4. The highest BCUT2D eigenvalue weighted by Crippen LogP contribution is 2.54.